The number of hydrogen-bond acceptors (Lipinski definition) is 5. The van der Waals surface area contributed by atoms with Crippen LogP contribution in [-0.2, 0) is 6.42 Å². The van der Waals surface area contributed by atoms with Crippen molar-refractivity contribution in [3.8, 4) is 11.8 Å². The Morgan fingerprint density at radius 2 is 1.89 bits per heavy atom. The fourth-order valence-corrected chi connectivity index (χ4v) is 2.21. The van der Waals surface area contributed by atoms with Gasteiger partial charge in [0.25, 0.3) is 0 Å². The molecule has 0 aliphatic rings. The van der Waals surface area contributed by atoms with Gasteiger partial charge in [-0.05, 0) is 36.2 Å². The lowest BCUT2D eigenvalue weighted by Crippen LogP contribution is -2.38. The average molecular weight is 375 g/mol. The standard InChI is InChI=1S/C18H19F2N5O2/c19-17(20)27-15-5-3-13(4-6-15)7-9-24-18(26)25-11-10-23-16-14(12-21)2-1-8-22-16/h1-6,8,17H,7,9-11H2,(H,22,23)(H2,24,25,26). The molecule has 142 valence electrons. The second kappa shape index (κ2) is 10.6. The summed E-state index contributed by atoms with van der Waals surface area (Å²) in [6, 6.07) is 11.3. The first kappa shape index (κ1) is 19.9. The largest absolute Gasteiger partial charge is 0.435 e. The highest BCUT2D eigenvalue weighted by Crippen LogP contribution is 2.15. The summed E-state index contributed by atoms with van der Waals surface area (Å²) >= 11 is 0. The molecule has 0 saturated heterocycles. The Balaban J connectivity index is 1.61. The highest BCUT2D eigenvalue weighted by molar-refractivity contribution is 5.73. The van der Waals surface area contributed by atoms with Gasteiger partial charge in [0.05, 0.1) is 5.56 Å². The predicted octanol–water partition coefficient (Wildman–Crippen LogP) is 2.51. The summed E-state index contributed by atoms with van der Waals surface area (Å²) in [6.45, 7) is -1.68. The van der Waals surface area contributed by atoms with Gasteiger partial charge in [0.2, 0.25) is 0 Å². The number of carbonyl (C=O) groups is 1. The van der Waals surface area contributed by atoms with Crippen molar-refractivity contribution < 1.29 is 18.3 Å². The minimum absolute atomic E-state index is 0.0967. The molecule has 1 aromatic heterocycles. The number of hydrogen-bond donors (Lipinski definition) is 3. The van der Waals surface area contributed by atoms with Crippen LogP contribution in [0.4, 0.5) is 19.4 Å². The van der Waals surface area contributed by atoms with Crippen LogP contribution in [0.5, 0.6) is 5.75 Å². The molecular weight excluding hydrogens is 356 g/mol. The van der Waals surface area contributed by atoms with Gasteiger partial charge in [0, 0.05) is 25.8 Å². The summed E-state index contributed by atoms with van der Waals surface area (Å²) in [5.74, 6) is 0.570. The van der Waals surface area contributed by atoms with Crippen LogP contribution < -0.4 is 20.7 Å². The lowest BCUT2D eigenvalue weighted by molar-refractivity contribution is -0.0498. The lowest BCUT2D eigenvalue weighted by Gasteiger charge is -2.10. The number of pyridine rings is 1. The Kier molecular flexibility index (Phi) is 7.78. The van der Waals surface area contributed by atoms with Crippen molar-refractivity contribution in [2.75, 3.05) is 25.0 Å². The fourth-order valence-electron chi connectivity index (χ4n) is 2.21. The number of rotatable bonds is 9. The van der Waals surface area contributed by atoms with E-state index in [4.69, 9.17) is 5.26 Å². The summed E-state index contributed by atoms with van der Waals surface area (Å²) in [7, 11) is 0. The van der Waals surface area contributed by atoms with Gasteiger partial charge in [-0.3, -0.25) is 0 Å². The summed E-state index contributed by atoms with van der Waals surface area (Å²) in [4.78, 5) is 15.8. The van der Waals surface area contributed by atoms with Gasteiger partial charge < -0.3 is 20.7 Å². The normalized spacial score (nSPS) is 10.1. The van der Waals surface area contributed by atoms with Gasteiger partial charge in [0.1, 0.15) is 17.6 Å². The molecule has 0 radical (unpaired) electrons. The van der Waals surface area contributed by atoms with E-state index in [0.717, 1.165) is 5.56 Å². The van der Waals surface area contributed by atoms with Crippen LogP contribution in [0.3, 0.4) is 0 Å². The van der Waals surface area contributed by atoms with Gasteiger partial charge >= 0.3 is 12.6 Å². The number of aromatic nitrogens is 1. The minimum Gasteiger partial charge on any atom is -0.435 e. The predicted molar refractivity (Wildman–Crippen MR) is 95.6 cm³/mol. The average Bonchev–Trinajstić information content (AvgIpc) is 2.66. The van der Waals surface area contributed by atoms with Crippen LogP contribution in [0.25, 0.3) is 0 Å². The van der Waals surface area contributed by atoms with E-state index < -0.39 is 6.61 Å². The van der Waals surface area contributed by atoms with E-state index >= 15 is 0 Å². The van der Waals surface area contributed by atoms with E-state index in [1.54, 1.807) is 30.5 Å². The van der Waals surface area contributed by atoms with Gasteiger partial charge in [-0.25, -0.2) is 9.78 Å². The molecule has 9 heteroatoms. The summed E-state index contributed by atoms with van der Waals surface area (Å²) in [5, 5.41) is 17.3. The number of urea groups is 1. The molecule has 0 spiro atoms. The molecule has 0 fully saturated rings. The minimum atomic E-state index is -2.85. The van der Waals surface area contributed by atoms with Gasteiger partial charge in [-0.15, -0.1) is 0 Å². The molecule has 2 aromatic rings. The Morgan fingerprint density at radius 1 is 1.15 bits per heavy atom. The number of amides is 2. The second-order valence-electron chi connectivity index (χ2n) is 5.39. The molecule has 3 N–H and O–H groups in total. The van der Waals surface area contributed by atoms with E-state index in [9.17, 15) is 13.6 Å². The number of nitrogens with one attached hydrogen (secondary N) is 3. The third kappa shape index (κ3) is 7.15. The summed E-state index contributed by atoms with van der Waals surface area (Å²) in [6.07, 6.45) is 2.13. The van der Waals surface area contributed by atoms with Crippen molar-refractivity contribution in [3.63, 3.8) is 0 Å². The summed E-state index contributed by atoms with van der Waals surface area (Å²) < 4.78 is 28.4. The second-order valence-corrected chi connectivity index (χ2v) is 5.39. The zero-order valence-electron chi connectivity index (χ0n) is 14.4. The zero-order valence-corrected chi connectivity index (χ0v) is 14.4. The third-order valence-electron chi connectivity index (χ3n) is 3.48. The Morgan fingerprint density at radius 3 is 2.59 bits per heavy atom. The number of benzene rings is 1. The number of nitriles is 1. The van der Waals surface area contributed by atoms with E-state index in [0.29, 0.717) is 37.4 Å². The number of anilines is 1. The first-order valence-electron chi connectivity index (χ1n) is 8.23. The number of alkyl halides is 2. The molecule has 2 rings (SSSR count). The van der Waals surface area contributed by atoms with Crippen molar-refractivity contribution in [1.29, 1.82) is 5.26 Å². The number of nitrogens with zero attached hydrogens (tertiary/aromatic N) is 2. The highest BCUT2D eigenvalue weighted by atomic mass is 19.3. The monoisotopic (exact) mass is 375 g/mol. The van der Waals surface area contributed by atoms with E-state index in [2.05, 4.69) is 25.7 Å². The molecule has 1 aromatic carbocycles. The molecule has 0 aliphatic carbocycles. The van der Waals surface area contributed by atoms with Crippen LogP contribution >= 0.6 is 0 Å². The van der Waals surface area contributed by atoms with Crippen LogP contribution in [0.15, 0.2) is 42.6 Å². The van der Waals surface area contributed by atoms with Gasteiger partial charge in [-0.1, -0.05) is 12.1 Å². The van der Waals surface area contributed by atoms with E-state index in [-0.39, 0.29) is 11.8 Å². The van der Waals surface area contributed by atoms with Gasteiger partial charge in [0.15, 0.2) is 0 Å². The highest BCUT2D eigenvalue weighted by Gasteiger charge is 2.05. The molecule has 27 heavy (non-hydrogen) atoms. The Hall–Kier alpha value is -3.41. The summed E-state index contributed by atoms with van der Waals surface area (Å²) in [5.41, 5.74) is 1.32. The molecule has 0 unspecified atom stereocenters. The number of carbonyl (C=O) groups excluding carboxylic acids is 1. The number of ether oxygens (including phenoxy) is 1. The van der Waals surface area contributed by atoms with Crippen molar-refractivity contribution in [1.82, 2.24) is 15.6 Å². The third-order valence-corrected chi connectivity index (χ3v) is 3.48. The first-order chi connectivity index (χ1) is 13.1. The maximum Gasteiger partial charge on any atom is 0.387 e. The van der Waals surface area contributed by atoms with Crippen LogP contribution in [0.2, 0.25) is 0 Å². The lowest BCUT2D eigenvalue weighted by atomic mass is 10.1. The zero-order chi connectivity index (χ0) is 19.5. The smallest absolute Gasteiger partial charge is 0.387 e. The SMILES string of the molecule is N#Cc1cccnc1NCCNC(=O)NCCc1ccc(OC(F)F)cc1. The molecule has 2 amide bonds. The molecule has 0 aliphatic heterocycles. The van der Waals surface area contributed by atoms with Crippen molar-refractivity contribution in [2.45, 2.75) is 13.0 Å². The van der Waals surface area contributed by atoms with Crippen LogP contribution in [0, 0.1) is 11.3 Å². The first-order valence-corrected chi connectivity index (χ1v) is 8.23. The molecule has 1 heterocycles. The van der Waals surface area contributed by atoms with Gasteiger partial charge in [-0.2, -0.15) is 14.0 Å². The molecular formula is C18H19F2N5O2. The maximum absolute atomic E-state index is 12.1. The number of halogens is 2. The van der Waals surface area contributed by atoms with E-state index in [1.807, 2.05) is 6.07 Å². The van der Waals surface area contributed by atoms with Crippen molar-refractivity contribution in [3.05, 3.63) is 53.7 Å². The maximum atomic E-state index is 12.1. The van der Waals surface area contributed by atoms with Crippen molar-refractivity contribution in [2.24, 2.45) is 0 Å². The topological polar surface area (TPSA) is 99.1 Å². The molecule has 0 atom stereocenters. The van der Waals surface area contributed by atoms with Crippen LogP contribution in [0.1, 0.15) is 11.1 Å². The van der Waals surface area contributed by atoms with E-state index in [1.165, 1.54) is 12.1 Å². The quantitative estimate of drug-likeness (QED) is 0.585. The van der Waals surface area contributed by atoms with Crippen LogP contribution in [-0.4, -0.2) is 37.3 Å². The molecule has 0 saturated carbocycles. The Labute approximate surface area is 155 Å². The van der Waals surface area contributed by atoms with Crippen molar-refractivity contribution >= 4 is 11.8 Å². The fraction of sp³-hybridized carbons (Fsp3) is 0.278. The molecule has 7 nitrogen and oxygen atoms in total. The Bertz CT molecular complexity index is 778. The molecule has 0 bridgehead atoms.